The molecule has 1 aliphatic rings. The molecule has 0 aromatic heterocycles. The molecule has 1 rings (SSSR count). The summed E-state index contributed by atoms with van der Waals surface area (Å²) in [5.74, 6) is 0. The molecule has 0 amide bonds. The van der Waals surface area contributed by atoms with Gasteiger partial charge in [-0.3, -0.25) is 0 Å². The fraction of sp³-hybridized carbons (Fsp3) is 1.00. The van der Waals surface area contributed by atoms with Gasteiger partial charge in [-0.05, 0) is 13.3 Å². The summed E-state index contributed by atoms with van der Waals surface area (Å²) in [4.78, 5) is 0. The number of nitrogens with one attached hydrogen (secondary N) is 1. The Morgan fingerprint density at radius 2 is 2.25 bits per heavy atom. The first-order chi connectivity index (χ1) is 3.75. The average Bonchev–Trinajstić information content (AvgIpc) is 2.45. The number of hydrogen-bond donors (Lipinski definition) is 2. The lowest BCUT2D eigenvalue weighted by molar-refractivity contribution is 0.166. The summed E-state index contributed by atoms with van der Waals surface area (Å²) in [6, 6.07) is 0.935. The Bertz CT molecular complexity index is 82.6. The Balaban J connectivity index is 2.18. The van der Waals surface area contributed by atoms with E-state index in [-0.39, 0.29) is 6.10 Å². The summed E-state index contributed by atoms with van der Waals surface area (Å²) in [7, 11) is 0. The van der Waals surface area contributed by atoms with Gasteiger partial charge in [0.25, 0.3) is 0 Å². The maximum Gasteiger partial charge on any atom is 0.0705 e. The van der Waals surface area contributed by atoms with Crippen LogP contribution in [0.5, 0.6) is 0 Å². The number of hydrogen-bond acceptors (Lipinski definition) is 2. The van der Waals surface area contributed by atoms with Gasteiger partial charge in [0, 0.05) is 12.1 Å². The van der Waals surface area contributed by atoms with Crippen LogP contribution < -0.4 is 5.32 Å². The second-order valence-electron chi connectivity index (χ2n) is 2.46. The molecule has 0 unspecified atom stereocenters. The molecular formula is C6H13NO. The quantitative estimate of drug-likeness (QED) is 0.502. The molecule has 48 valence electrons. The number of aliphatic hydroxyl groups is 1. The zero-order chi connectivity index (χ0) is 6.15. The van der Waals surface area contributed by atoms with E-state index in [0.29, 0.717) is 12.1 Å². The van der Waals surface area contributed by atoms with Crippen molar-refractivity contribution in [2.45, 2.75) is 38.5 Å². The monoisotopic (exact) mass is 115 g/mol. The maximum atomic E-state index is 9.11. The highest BCUT2D eigenvalue weighted by Gasteiger charge is 2.36. The number of rotatable bonds is 2. The molecule has 8 heavy (non-hydrogen) atoms. The van der Waals surface area contributed by atoms with Crippen molar-refractivity contribution >= 4 is 0 Å². The van der Waals surface area contributed by atoms with Crippen LogP contribution >= 0.6 is 0 Å². The van der Waals surface area contributed by atoms with Crippen LogP contribution in [0.15, 0.2) is 0 Å². The minimum Gasteiger partial charge on any atom is -0.391 e. The van der Waals surface area contributed by atoms with Crippen LogP contribution in [0.25, 0.3) is 0 Å². The smallest absolute Gasteiger partial charge is 0.0705 e. The molecule has 0 radical (unpaired) electrons. The summed E-state index contributed by atoms with van der Waals surface area (Å²) in [6.07, 6.45) is 0.743. The van der Waals surface area contributed by atoms with E-state index in [1.54, 1.807) is 0 Å². The average molecular weight is 115 g/mol. The highest BCUT2D eigenvalue weighted by Crippen LogP contribution is 2.15. The molecule has 2 heteroatoms. The van der Waals surface area contributed by atoms with Crippen LogP contribution in [0.2, 0.25) is 0 Å². The van der Waals surface area contributed by atoms with Gasteiger partial charge in [0.15, 0.2) is 0 Å². The van der Waals surface area contributed by atoms with Gasteiger partial charge in [0.2, 0.25) is 0 Å². The zero-order valence-corrected chi connectivity index (χ0v) is 5.39. The van der Waals surface area contributed by atoms with E-state index in [0.717, 1.165) is 6.42 Å². The fourth-order valence-corrected chi connectivity index (χ4v) is 0.946. The summed E-state index contributed by atoms with van der Waals surface area (Å²) >= 11 is 0. The largest absolute Gasteiger partial charge is 0.391 e. The van der Waals surface area contributed by atoms with Crippen LogP contribution in [-0.4, -0.2) is 23.3 Å². The Labute approximate surface area is 49.9 Å². The minimum atomic E-state index is -0.120. The van der Waals surface area contributed by atoms with Gasteiger partial charge in [0.1, 0.15) is 0 Å². The third-order valence-electron chi connectivity index (χ3n) is 1.72. The standard InChI is InChI=1S/C6H13NO/c1-3-5(8)6-4(2)7-6/h4-8H,3H2,1-2H3/t4-,5-,6-/m0/s1. The van der Waals surface area contributed by atoms with Crippen molar-refractivity contribution in [3.8, 4) is 0 Å². The van der Waals surface area contributed by atoms with E-state index in [1.807, 2.05) is 6.92 Å². The molecule has 0 bridgehead atoms. The van der Waals surface area contributed by atoms with Gasteiger partial charge < -0.3 is 10.4 Å². The first-order valence-corrected chi connectivity index (χ1v) is 3.19. The zero-order valence-electron chi connectivity index (χ0n) is 5.39. The van der Waals surface area contributed by atoms with Gasteiger partial charge in [-0.25, -0.2) is 0 Å². The van der Waals surface area contributed by atoms with Crippen LogP contribution in [0.1, 0.15) is 20.3 Å². The maximum absolute atomic E-state index is 9.11. The van der Waals surface area contributed by atoms with Crippen molar-refractivity contribution in [2.24, 2.45) is 0 Å². The molecule has 0 aliphatic carbocycles. The predicted octanol–water partition coefficient (Wildman–Crippen LogP) is 0.118. The van der Waals surface area contributed by atoms with Crippen molar-refractivity contribution in [2.75, 3.05) is 0 Å². The second kappa shape index (κ2) is 2.03. The molecule has 0 saturated carbocycles. The van der Waals surface area contributed by atoms with Gasteiger partial charge in [-0.1, -0.05) is 6.92 Å². The van der Waals surface area contributed by atoms with Gasteiger partial charge in [-0.2, -0.15) is 0 Å². The molecule has 2 N–H and O–H groups in total. The van der Waals surface area contributed by atoms with E-state index < -0.39 is 0 Å². The van der Waals surface area contributed by atoms with Crippen molar-refractivity contribution < 1.29 is 5.11 Å². The highest BCUT2D eigenvalue weighted by atomic mass is 16.3. The van der Waals surface area contributed by atoms with Crippen LogP contribution in [-0.2, 0) is 0 Å². The molecule has 0 aromatic rings. The second-order valence-corrected chi connectivity index (χ2v) is 2.46. The molecule has 1 heterocycles. The van der Waals surface area contributed by atoms with Crippen molar-refractivity contribution in [1.29, 1.82) is 0 Å². The van der Waals surface area contributed by atoms with Crippen molar-refractivity contribution in [1.82, 2.24) is 5.32 Å². The summed E-state index contributed by atoms with van der Waals surface area (Å²) in [5, 5.41) is 12.2. The molecule has 1 fully saturated rings. The molecule has 2 nitrogen and oxygen atoms in total. The Morgan fingerprint density at radius 3 is 2.38 bits per heavy atom. The molecular weight excluding hydrogens is 102 g/mol. The lowest BCUT2D eigenvalue weighted by Crippen LogP contribution is -2.15. The Kier molecular flexibility index (Phi) is 1.54. The van der Waals surface area contributed by atoms with Gasteiger partial charge >= 0.3 is 0 Å². The van der Waals surface area contributed by atoms with Crippen molar-refractivity contribution in [3.05, 3.63) is 0 Å². The van der Waals surface area contributed by atoms with Crippen LogP contribution in [0.3, 0.4) is 0 Å². The normalized spacial score (nSPS) is 39.4. The third kappa shape index (κ3) is 1.01. The topological polar surface area (TPSA) is 42.2 Å². The van der Waals surface area contributed by atoms with Gasteiger partial charge in [0.05, 0.1) is 6.10 Å². The van der Waals surface area contributed by atoms with E-state index in [9.17, 15) is 0 Å². The number of aliphatic hydroxyl groups excluding tert-OH is 1. The molecule has 0 spiro atoms. The highest BCUT2D eigenvalue weighted by molar-refractivity contribution is 4.98. The predicted molar refractivity (Wildman–Crippen MR) is 32.7 cm³/mol. The van der Waals surface area contributed by atoms with E-state index in [2.05, 4.69) is 12.2 Å². The van der Waals surface area contributed by atoms with E-state index in [4.69, 9.17) is 5.11 Å². The lowest BCUT2D eigenvalue weighted by atomic mass is 10.2. The van der Waals surface area contributed by atoms with E-state index >= 15 is 0 Å². The first-order valence-electron chi connectivity index (χ1n) is 3.19. The van der Waals surface area contributed by atoms with E-state index in [1.165, 1.54) is 0 Å². The minimum absolute atomic E-state index is 0.120. The molecule has 1 saturated heterocycles. The summed E-state index contributed by atoms with van der Waals surface area (Å²) < 4.78 is 0. The lowest BCUT2D eigenvalue weighted by Gasteiger charge is -2.01. The van der Waals surface area contributed by atoms with Crippen LogP contribution in [0.4, 0.5) is 0 Å². The first kappa shape index (κ1) is 6.05. The fourth-order valence-electron chi connectivity index (χ4n) is 0.946. The summed E-state index contributed by atoms with van der Waals surface area (Å²) in [6.45, 7) is 4.08. The Morgan fingerprint density at radius 1 is 1.75 bits per heavy atom. The molecule has 0 aromatic carbocycles. The van der Waals surface area contributed by atoms with Crippen molar-refractivity contribution in [3.63, 3.8) is 0 Å². The molecule has 1 aliphatic heterocycles. The third-order valence-corrected chi connectivity index (χ3v) is 1.72. The van der Waals surface area contributed by atoms with Crippen LogP contribution in [0, 0.1) is 0 Å². The summed E-state index contributed by atoms with van der Waals surface area (Å²) in [5.41, 5.74) is 0. The molecule has 3 atom stereocenters. The SMILES string of the molecule is CC[C@H](O)[C@H]1N[C@H]1C. The van der Waals surface area contributed by atoms with Gasteiger partial charge in [-0.15, -0.1) is 0 Å². The Hall–Kier alpha value is -0.0800.